The van der Waals surface area contributed by atoms with Crippen LogP contribution in [0.25, 0.3) is 0 Å². The summed E-state index contributed by atoms with van der Waals surface area (Å²) in [7, 11) is 1.56. The second-order valence-corrected chi connectivity index (χ2v) is 7.72. The molecule has 154 valence electrons. The number of hydrogen-bond donors (Lipinski definition) is 2. The first-order valence-corrected chi connectivity index (χ1v) is 8.82. The van der Waals surface area contributed by atoms with Gasteiger partial charge >= 0.3 is 12.3 Å². The summed E-state index contributed by atoms with van der Waals surface area (Å²) in [6.07, 6.45) is -4.81. The molecule has 2 rings (SSSR count). The van der Waals surface area contributed by atoms with Gasteiger partial charge in [-0.2, -0.15) is 13.2 Å². The number of guanidine groups is 1. The van der Waals surface area contributed by atoms with Crippen LogP contribution in [-0.2, 0) is 17.5 Å². The molecule has 1 saturated heterocycles. The minimum Gasteiger partial charge on any atom is -0.444 e. The maximum atomic E-state index is 12.5. The topological polar surface area (TPSA) is 78.9 Å². The fourth-order valence-corrected chi connectivity index (χ4v) is 2.86. The number of carbonyl (C=O) groups is 1. The number of thiazole rings is 1. The summed E-state index contributed by atoms with van der Waals surface area (Å²) < 4.78 is 42.9. The molecule has 1 amide bonds. The third-order valence-electron chi connectivity index (χ3n) is 3.35. The van der Waals surface area contributed by atoms with Crippen LogP contribution in [0.5, 0.6) is 0 Å². The number of carbonyl (C=O) groups excluding carboxylic acids is 1. The summed E-state index contributed by atoms with van der Waals surface area (Å²) in [5.74, 6) is 0.433. The zero-order valence-electron chi connectivity index (χ0n) is 15.4. The lowest BCUT2D eigenvalue weighted by molar-refractivity contribution is -0.140. The van der Waals surface area contributed by atoms with Crippen LogP contribution in [-0.4, -0.2) is 53.7 Å². The number of aliphatic imine (C=N–C) groups is 1. The van der Waals surface area contributed by atoms with Gasteiger partial charge in [0.05, 0.1) is 12.6 Å². The molecule has 0 bridgehead atoms. The van der Waals surface area contributed by atoms with E-state index in [1.807, 2.05) is 0 Å². The summed E-state index contributed by atoms with van der Waals surface area (Å²) in [5, 5.41) is 7.31. The van der Waals surface area contributed by atoms with Gasteiger partial charge in [0.15, 0.2) is 11.7 Å². The highest BCUT2D eigenvalue weighted by Crippen LogP contribution is 2.29. The molecular weight excluding hydrogens is 498 g/mol. The zero-order chi connectivity index (χ0) is 19.5. The fourth-order valence-electron chi connectivity index (χ4n) is 2.12. The van der Waals surface area contributed by atoms with Gasteiger partial charge in [0.1, 0.15) is 10.6 Å². The van der Waals surface area contributed by atoms with E-state index in [2.05, 4.69) is 20.6 Å². The summed E-state index contributed by atoms with van der Waals surface area (Å²) in [6, 6.07) is -0.00394. The van der Waals surface area contributed by atoms with E-state index in [0.29, 0.717) is 24.1 Å². The molecule has 0 radical (unpaired) electrons. The summed E-state index contributed by atoms with van der Waals surface area (Å²) in [6.45, 7) is 6.46. The van der Waals surface area contributed by atoms with Gasteiger partial charge in [-0.25, -0.2) is 9.78 Å². The molecule has 1 aliphatic heterocycles. The monoisotopic (exact) mass is 521 g/mol. The van der Waals surface area contributed by atoms with Gasteiger partial charge in [0.25, 0.3) is 0 Å². The molecule has 0 aromatic carbocycles. The zero-order valence-corrected chi connectivity index (χ0v) is 18.5. The van der Waals surface area contributed by atoms with Crippen molar-refractivity contribution in [3.05, 3.63) is 16.1 Å². The number of hydrogen-bond acceptors (Lipinski definition) is 5. The summed E-state index contributed by atoms with van der Waals surface area (Å²) in [5.41, 5.74) is -1.44. The Morgan fingerprint density at radius 3 is 2.52 bits per heavy atom. The third-order valence-corrected chi connectivity index (χ3v) is 4.20. The Hall–Kier alpha value is -1.31. The standard InChI is InChI=1S/C15H22F3N5O2S.HI/c1-14(2,3)25-13(24)23-6-9(7-23)21-12(19-4)20-5-11-22-10(8-26-11)15(16,17)18;/h8-9H,5-7H2,1-4H3,(H2,19,20,21);1H. The summed E-state index contributed by atoms with van der Waals surface area (Å²) in [4.78, 5) is 21.0. The first-order valence-electron chi connectivity index (χ1n) is 7.94. The number of rotatable bonds is 3. The van der Waals surface area contributed by atoms with E-state index in [-0.39, 0.29) is 42.7 Å². The Labute approximate surface area is 176 Å². The maximum Gasteiger partial charge on any atom is 0.434 e. The van der Waals surface area contributed by atoms with Crippen LogP contribution in [0.15, 0.2) is 10.4 Å². The van der Waals surface area contributed by atoms with Crippen LogP contribution in [0.1, 0.15) is 31.5 Å². The van der Waals surface area contributed by atoms with Crippen molar-refractivity contribution in [1.82, 2.24) is 20.5 Å². The predicted molar refractivity (Wildman–Crippen MR) is 107 cm³/mol. The smallest absolute Gasteiger partial charge is 0.434 e. The second-order valence-electron chi connectivity index (χ2n) is 6.78. The number of nitrogens with one attached hydrogen (secondary N) is 2. The predicted octanol–water partition coefficient (Wildman–Crippen LogP) is 3.06. The third kappa shape index (κ3) is 7.31. The van der Waals surface area contributed by atoms with Gasteiger partial charge in [-0.05, 0) is 20.8 Å². The molecule has 2 heterocycles. The number of aromatic nitrogens is 1. The molecule has 0 unspecified atom stereocenters. The Bertz CT molecular complexity index is 669. The SMILES string of the molecule is CN=C(NCc1nc(C(F)(F)F)cs1)NC1CN(C(=O)OC(C)(C)C)C1.I. The first kappa shape index (κ1) is 23.7. The van der Waals surface area contributed by atoms with E-state index >= 15 is 0 Å². The van der Waals surface area contributed by atoms with Crippen LogP contribution >= 0.6 is 35.3 Å². The van der Waals surface area contributed by atoms with Crippen LogP contribution < -0.4 is 10.6 Å². The van der Waals surface area contributed by atoms with Crippen molar-refractivity contribution in [2.24, 2.45) is 4.99 Å². The van der Waals surface area contributed by atoms with E-state index in [4.69, 9.17) is 4.74 Å². The molecule has 7 nitrogen and oxygen atoms in total. The Balaban J connectivity index is 0.00000364. The van der Waals surface area contributed by atoms with Crippen molar-refractivity contribution in [2.75, 3.05) is 20.1 Å². The van der Waals surface area contributed by atoms with Crippen molar-refractivity contribution < 1.29 is 22.7 Å². The highest BCUT2D eigenvalue weighted by molar-refractivity contribution is 14.0. The molecule has 0 atom stereocenters. The molecule has 1 aliphatic rings. The molecule has 1 aromatic rings. The summed E-state index contributed by atoms with van der Waals surface area (Å²) >= 11 is 0.931. The molecule has 0 aliphatic carbocycles. The second kappa shape index (κ2) is 9.26. The number of likely N-dealkylation sites (tertiary alicyclic amines) is 1. The van der Waals surface area contributed by atoms with Gasteiger partial charge in [-0.15, -0.1) is 35.3 Å². The molecule has 0 saturated carbocycles. The quantitative estimate of drug-likeness (QED) is 0.363. The molecule has 27 heavy (non-hydrogen) atoms. The number of halogens is 4. The number of amides is 1. The lowest BCUT2D eigenvalue weighted by Crippen LogP contribution is -2.63. The Morgan fingerprint density at radius 1 is 1.41 bits per heavy atom. The van der Waals surface area contributed by atoms with Crippen molar-refractivity contribution >= 4 is 47.4 Å². The lowest BCUT2D eigenvalue weighted by Gasteiger charge is -2.40. The number of ether oxygens (including phenoxy) is 1. The van der Waals surface area contributed by atoms with Gasteiger partial charge in [0.2, 0.25) is 0 Å². The first-order chi connectivity index (χ1) is 12.0. The van der Waals surface area contributed by atoms with Crippen LogP contribution in [0, 0.1) is 0 Å². The van der Waals surface area contributed by atoms with Crippen molar-refractivity contribution in [2.45, 2.75) is 45.1 Å². The van der Waals surface area contributed by atoms with E-state index in [1.165, 1.54) is 0 Å². The van der Waals surface area contributed by atoms with Crippen molar-refractivity contribution in [1.29, 1.82) is 0 Å². The van der Waals surface area contributed by atoms with Gasteiger partial charge < -0.3 is 20.3 Å². The van der Waals surface area contributed by atoms with Gasteiger partial charge in [-0.1, -0.05) is 0 Å². The van der Waals surface area contributed by atoms with E-state index in [1.54, 1.807) is 32.7 Å². The number of nitrogens with zero attached hydrogens (tertiary/aromatic N) is 3. The fraction of sp³-hybridized carbons (Fsp3) is 0.667. The highest BCUT2D eigenvalue weighted by Gasteiger charge is 2.35. The highest BCUT2D eigenvalue weighted by atomic mass is 127. The van der Waals surface area contributed by atoms with Gasteiger partial charge in [0, 0.05) is 25.5 Å². The Morgan fingerprint density at radius 2 is 2.04 bits per heavy atom. The maximum absolute atomic E-state index is 12.5. The van der Waals surface area contributed by atoms with E-state index < -0.39 is 17.5 Å². The minimum absolute atomic E-state index is 0. The molecule has 1 aromatic heterocycles. The molecule has 1 fully saturated rings. The average Bonchev–Trinajstić information content (AvgIpc) is 2.92. The van der Waals surface area contributed by atoms with Crippen LogP contribution in [0.4, 0.5) is 18.0 Å². The minimum atomic E-state index is -4.44. The van der Waals surface area contributed by atoms with Crippen molar-refractivity contribution in [3.8, 4) is 0 Å². The molecule has 2 N–H and O–H groups in total. The van der Waals surface area contributed by atoms with Crippen LogP contribution in [0.2, 0.25) is 0 Å². The van der Waals surface area contributed by atoms with E-state index in [9.17, 15) is 18.0 Å². The van der Waals surface area contributed by atoms with Gasteiger partial charge in [-0.3, -0.25) is 4.99 Å². The molecule has 12 heteroatoms. The normalized spacial score (nSPS) is 15.7. The number of alkyl halides is 3. The lowest BCUT2D eigenvalue weighted by atomic mass is 10.1. The average molecular weight is 521 g/mol. The van der Waals surface area contributed by atoms with E-state index in [0.717, 1.165) is 16.7 Å². The van der Waals surface area contributed by atoms with Crippen LogP contribution in [0.3, 0.4) is 0 Å². The Kier molecular flexibility index (Phi) is 8.14. The molecule has 0 spiro atoms. The largest absolute Gasteiger partial charge is 0.444 e. The molecular formula is C15H23F3IN5O2S. The van der Waals surface area contributed by atoms with Crippen molar-refractivity contribution in [3.63, 3.8) is 0 Å².